The number of piperazine rings is 1. The lowest BCUT2D eigenvalue weighted by Gasteiger charge is -2.35. The van der Waals surface area contributed by atoms with Gasteiger partial charge < -0.3 is 14.7 Å². The summed E-state index contributed by atoms with van der Waals surface area (Å²) in [5.74, 6) is 1.69. The molecule has 8 nitrogen and oxygen atoms in total. The van der Waals surface area contributed by atoms with Crippen LogP contribution < -0.4 is 9.80 Å². The molecule has 2 fully saturated rings. The van der Waals surface area contributed by atoms with Crippen molar-refractivity contribution in [2.75, 3.05) is 49.1 Å². The smallest absolute Gasteiger partial charge is 0.274 e. The second-order valence-corrected chi connectivity index (χ2v) is 6.73. The highest BCUT2D eigenvalue weighted by atomic mass is 16.2. The molecule has 2 aromatic rings. The van der Waals surface area contributed by atoms with Crippen molar-refractivity contribution in [2.45, 2.75) is 19.8 Å². The number of aromatic nitrogens is 4. The molecular formula is C18H23N7O. The van der Waals surface area contributed by atoms with E-state index in [1.807, 2.05) is 24.1 Å². The zero-order chi connectivity index (χ0) is 17.9. The predicted molar refractivity (Wildman–Crippen MR) is 98.4 cm³/mol. The molecule has 0 saturated carbocycles. The van der Waals surface area contributed by atoms with Crippen LogP contribution in [0, 0.1) is 6.92 Å². The van der Waals surface area contributed by atoms with E-state index in [-0.39, 0.29) is 5.91 Å². The van der Waals surface area contributed by atoms with Crippen LogP contribution in [0.1, 0.15) is 29.0 Å². The molecule has 4 rings (SSSR count). The summed E-state index contributed by atoms with van der Waals surface area (Å²) in [5, 5.41) is 0. The molecule has 1 amide bonds. The molecule has 0 radical (unpaired) electrons. The topological polar surface area (TPSA) is 78.4 Å². The van der Waals surface area contributed by atoms with Crippen molar-refractivity contribution in [3.8, 4) is 0 Å². The maximum atomic E-state index is 12.6. The fourth-order valence-corrected chi connectivity index (χ4v) is 3.39. The third-order valence-electron chi connectivity index (χ3n) is 4.91. The summed E-state index contributed by atoms with van der Waals surface area (Å²) in [5.41, 5.74) is 1.21. The Labute approximate surface area is 152 Å². The van der Waals surface area contributed by atoms with Gasteiger partial charge in [-0.1, -0.05) is 0 Å². The summed E-state index contributed by atoms with van der Waals surface area (Å²) >= 11 is 0. The van der Waals surface area contributed by atoms with Gasteiger partial charge in [-0.3, -0.25) is 9.78 Å². The van der Waals surface area contributed by atoms with Crippen molar-refractivity contribution in [1.29, 1.82) is 0 Å². The standard InChI is InChI=1S/C18H23N7O/c1-14-12-21-15(13-20-14)17(26)24-10-8-23(9-11-24)16-4-5-19-18(22-16)25-6-2-3-7-25/h4-5,12-13H,2-3,6-11H2,1H3. The van der Waals surface area contributed by atoms with Crippen molar-refractivity contribution in [2.24, 2.45) is 0 Å². The molecule has 0 aromatic carbocycles. The number of amides is 1. The van der Waals surface area contributed by atoms with Crippen LogP contribution in [0.4, 0.5) is 11.8 Å². The number of carbonyl (C=O) groups is 1. The van der Waals surface area contributed by atoms with Crippen LogP contribution in [0.2, 0.25) is 0 Å². The Balaban J connectivity index is 1.39. The molecule has 0 bridgehead atoms. The molecule has 2 saturated heterocycles. The number of anilines is 2. The molecule has 0 unspecified atom stereocenters. The van der Waals surface area contributed by atoms with Crippen LogP contribution in [0.5, 0.6) is 0 Å². The first kappa shape index (κ1) is 16.7. The molecular weight excluding hydrogens is 330 g/mol. The average molecular weight is 353 g/mol. The van der Waals surface area contributed by atoms with Crippen molar-refractivity contribution < 1.29 is 4.79 Å². The summed E-state index contributed by atoms with van der Waals surface area (Å²) in [4.78, 5) is 36.3. The van der Waals surface area contributed by atoms with E-state index < -0.39 is 0 Å². The molecule has 26 heavy (non-hydrogen) atoms. The molecule has 2 aliphatic rings. The highest BCUT2D eigenvalue weighted by Crippen LogP contribution is 2.20. The van der Waals surface area contributed by atoms with Crippen LogP contribution in [-0.4, -0.2) is 70.0 Å². The van der Waals surface area contributed by atoms with Gasteiger partial charge in [0.1, 0.15) is 11.5 Å². The van der Waals surface area contributed by atoms with Crippen LogP contribution in [0.25, 0.3) is 0 Å². The van der Waals surface area contributed by atoms with Gasteiger partial charge in [0.15, 0.2) is 0 Å². The number of hydrogen-bond donors (Lipinski definition) is 0. The minimum Gasteiger partial charge on any atom is -0.353 e. The van der Waals surface area contributed by atoms with Crippen LogP contribution >= 0.6 is 0 Å². The lowest BCUT2D eigenvalue weighted by molar-refractivity contribution is 0.0740. The summed E-state index contributed by atoms with van der Waals surface area (Å²) in [6.45, 7) is 6.72. The van der Waals surface area contributed by atoms with E-state index in [0.717, 1.165) is 43.6 Å². The van der Waals surface area contributed by atoms with Gasteiger partial charge in [0.2, 0.25) is 5.95 Å². The Morgan fingerprint density at radius 2 is 1.69 bits per heavy atom. The zero-order valence-corrected chi connectivity index (χ0v) is 15.0. The molecule has 8 heteroatoms. The summed E-state index contributed by atoms with van der Waals surface area (Å²) in [6.07, 6.45) is 7.42. The Kier molecular flexibility index (Phi) is 4.64. The molecule has 4 heterocycles. The van der Waals surface area contributed by atoms with Gasteiger partial charge in [-0.25, -0.2) is 9.97 Å². The lowest BCUT2D eigenvalue weighted by atomic mass is 10.2. The highest BCUT2D eigenvalue weighted by molar-refractivity contribution is 5.92. The minimum absolute atomic E-state index is 0.0578. The second kappa shape index (κ2) is 7.23. The number of nitrogens with zero attached hydrogens (tertiary/aromatic N) is 7. The largest absolute Gasteiger partial charge is 0.353 e. The molecule has 2 aliphatic heterocycles. The SMILES string of the molecule is Cc1cnc(C(=O)N2CCN(c3ccnc(N4CCCC4)n3)CC2)cn1. The van der Waals surface area contributed by atoms with Crippen LogP contribution in [-0.2, 0) is 0 Å². The van der Waals surface area contributed by atoms with Gasteiger partial charge in [-0.15, -0.1) is 0 Å². The van der Waals surface area contributed by atoms with Gasteiger partial charge in [0, 0.05) is 51.7 Å². The third-order valence-corrected chi connectivity index (χ3v) is 4.91. The second-order valence-electron chi connectivity index (χ2n) is 6.73. The van der Waals surface area contributed by atoms with Crippen molar-refractivity contribution in [3.63, 3.8) is 0 Å². The van der Waals surface area contributed by atoms with E-state index in [0.29, 0.717) is 18.8 Å². The Hall–Kier alpha value is -2.77. The molecule has 0 spiro atoms. The molecule has 0 N–H and O–H groups in total. The number of rotatable bonds is 3. The van der Waals surface area contributed by atoms with E-state index in [2.05, 4.69) is 24.8 Å². The fraction of sp³-hybridized carbons (Fsp3) is 0.500. The third kappa shape index (κ3) is 3.44. The van der Waals surface area contributed by atoms with Crippen LogP contribution in [0.3, 0.4) is 0 Å². The van der Waals surface area contributed by atoms with Crippen molar-refractivity contribution in [3.05, 3.63) is 36.0 Å². The monoisotopic (exact) mass is 353 g/mol. The van der Waals surface area contributed by atoms with Crippen molar-refractivity contribution in [1.82, 2.24) is 24.8 Å². The first-order valence-corrected chi connectivity index (χ1v) is 9.11. The maximum Gasteiger partial charge on any atom is 0.274 e. The summed E-state index contributed by atoms with van der Waals surface area (Å²) in [7, 11) is 0. The molecule has 136 valence electrons. The lowest BCUT2D eigenvalue weighted by Crippen LogP contribution is -2.49. The number of carbonyl (C=O) groups excluding carboxylic acids is 1. The van der Waals surface area contributed by atoms with Gasteiger partial charge in [-0.05, 0) is 25.8 Å². The quantitative estimate of drug-likeness (QED) is 0.819. The Morgan fingerprint density at radius 3 is 2.38 bits per heavy atom. The van der Waals surface area contributed by atoms with E-state index in [1.54, 1.807) is 12.4 Å². The maximum absolute atomic E-state index is 12.6. The van der Waals surface area contributed by atoms with E-state index >= 15 is 0 Å². The van der Waals surface area contributed by atoms with Crippen molar-refractivity contribution >= 4 is 17.7 Å². The predicted octanol–water partition coefficient (Wildman–Crippen LogP) is 1.14. The van der Waals surface area contributed by atoms with E-state index in [9.17, 15) is 4.79 Å². The molecule has 0 aliphatic carbocycles. The highest BCUT2D eigenvalue weighted by Gasteiger charge is 2.24. The Morgan fingerprint density at radius 1 is 0.923 bits per heavy atom. The molecule has 0 atom stereocenters. The van der Waals surface area contributed by atoms with Gasteiger partial charge in [-0.2, -0.15) is 4.98 Å². The van der Waals surface area contributed by atoms with Crippen LogP contribution in [0.15, 0.2) is 24.7 Å². The average Bonchev–Trinajstić information content (AvgIpc) is 3.23. The Bertz CT molecular complexity index is 765. The fourth-order valence-electron chi connectivity index (χ4n) is 3.39. The zero-order valence-electron chi connectivity index (χ0n) is 15.0. The number of aryl methyl sites for hydroxylation is 1. The summed E-state index contributed by atoms with van der Waals surface area (Å²) < 4.78 is 0. The summed E-state index contributed by atoms with van der Waals surface area (Å²) in [6, 6.07) is 1.95. The normalized spacial score (nSPS) is 17.7. The van der Waals surface area contributed by atoms with Gasteiger partial charge >= 0.3 is 0 Å². The van der Waals surface area contributed by atoms with Gasteiger partial charge in [0.25, 0.3) is 5.91 Å². The molecule has 2 aromatic heterocycles. The van der Waals surface area contributed by atoms with E-state index in [1.165, 1.54) is 12.8 Å². The minimum atomic E-state index is -0.0578. The number of hydrogen-bond acceptors (Lipinski definition) is 7. The first-order valence-electron chi connectivity index (χ1n) is 9.11. The van der Waals surface area contributed by atoms with E-state index in [4.69, 9.17) is 4.98 Å². The first-order chi connectivity index (χ1) is 12.7. The van der Waals surface area contributed by atoms with Gasteiger partial charge in [0.05, 0.1) is 11.9 Å².